The summed E-state index contributed by atoms with van der Waals surface area (Å²) < 4.78 is 11.2. The van der Waals surface area contributed by atoms with Crippen molar-refractivity contribution in [2.75, 3.05) is 12.3 Å². The van der Waals surface area contributed by atoms with Gasteiger partial charge in [0.2, 0.25) is 5.89 Å². The fraction of sp³-hybridized carbons (Fsp3) is 0.133. The molecule has 0 spiro atoms. The van der Waals surface area contributed by atoms with E-state index in [1.807, 2.05) is 43.3 Å². The second-order valence-corrected chi connectivity index (χ2v) is 4.21. The lowest BCUT2D eigenvalue weighted by atomic mass is 10.2. The second kappa shape index (κ2) is 4.65. The number of aromatic nitrogens is 1. The average molecular weight is 254 g/mol. The molecule has 3 aromatic rings. The van der Waals surface area contributed by atoms with E-state index in [1.165, 1.54) is 0 Å². The monoisotopic (exact) mass is 254 g/mol. The van der Waals surface area contributed by atoms with Gasteiger partial charge in [0.15, 0.2) is 5.58 Å². The zero-order valence-electron chi connectivity index (χ0n) is 10.6. The predicted molar refractivity (Wildman–Crippen MR) is 75.0 cm³/mol. The number of anilines is 1. The highest BCUT2D eigenvalue weighted by molar-refractivity contribution is 5.79. The van der Waals surface area contributed by atoms with Crippen LogP contribution in [0.25, 0.3) is 22.6 Å². The van der Waals surface area contributed by atoms with Gasteiger partial charge in [0.25, 0.3) is 0 Å². The number of hydrogen-bond acceptors (Lipinski definition) is 4. The number of benzene rings is 2. The molecule has 0 radical (unpaired) electrons. The van der Waals surface area contributed by atoms with Crippen LogP contribution in [0, 0.1) is 0 Å². The third-order valence-corrected chi connectivity index (χ3v) is 2.80. The topological polar surface area (TPSA) is 61.3 Å². The molecule has 0 saturated heterocycles. The Hall–Kier alpha value is -2.49. The zero-order valence-corrected chi connectivity index (χ0v) is 10.6. The first-order valence-corrected chi connectivity index (χ1v) is 6.15. The molecule has 0 aliphatic rings. The number of nitrogens with two attached hydrogens (primary N) is 1. The van der Waals surface area contributed by atoms with Crippen molar-refractivity contribution in [3.63, 3.8) is 0 Å². The van der Waals surface area contributed by atoms with Crippen molar-refractivity contribution in [2.45, 2.75) is 6.92 Å². The highest BCUT2D eigenvalue weighted by atomic mass is 16.5. The fourth-order valence-corrected chi connectivity index (χ4v) is 1.95. The molecule has 96 valence electrons. The van der Waals surface area contributed by atoms with E-state index in [0.717, 1.165) is 16.8 Å². The number of nitrogens with zero attached hydrogens (tertiary/aromatic N) is 1. The van der Waals surface area contributed by atoms with Crippen molar-refractivity contribution in [2.24, 2.45) is 0 Å². The summed E-state index contributed by atoms with van der Waals surface area (Å²) in [5.74, 6) is 1.38. The highest BCUT2D eigenvalue weighted by Gasteiger charge is 2.09. The van der Waals surface area contributed by atoms with Crippen LogP contribution in [0.5, 0.6) is 5.75 Å². The van der Waals surface area contributed by atoms with Crippen LogP contribution >= 0.6 is 0 Å². The molecule has 0 aliphatic heterocycles. The second-order valence-electron chi connectivity index (χ2n) is 4.21. The zero-order chi connectivity index (χ0) is 13.2. The number of hydrogen-bond donors (Lipinski definition) is 1. The maximum atomic E-state index is 5.73. The van der Waals surface area contributed by atoms with Gasteiger partial charge in [-0.25, -0.2) is 4.98 Å². The normalized spacial score (nSPS) is 10.8. The standard InChI is InChI=1S/C15H14N2O2/c1-2-18-12-5-3-4-10(8-12)15-17-13-7-6-11(16)9-14(13)19-15/h3-9H,2,16H2,1H3. The molecule has 4 heteroatoms. The van der Waals surface area contributed by atoms with E-state index in [9.17, 15) is 0 Å². The Morgan fingerprint density at radius 2 is 2.11 bits per heavy atom. The van der Waals surface area contributed by atoms with E-state index in [0.29, 0.717) is 23.8 Å². The van der Waals surface area contributed by atoms with Crippen LogP contribution in [-0.2, 0) is 0 Å². The lowest BCUT2D eigenvalue weighted by molar-refractivity contribution is 0.340. The van der Waals surface area contributed by atoms with E-state index in [4.69, 9.17) is 14.9 Å². The molecule has 0 bridgehead atoms. The Bertz CT molecular complexity index is 719. The third-order valence-electron chi connectivity index (χ3n) is 2.80. The largest absolute Gasteiger partial charge is 0.494 e. The van der Waals surface area contributed by atoms with Crippen molar-refractivity contribution in [3.05, 3.63) is 42.5 Å². The molecule has 0 unspecified atom stereocenters. The third kappa shape index (κ3) is 2.25. The Morgan fingerprint density at radius 3 is 2.95 bits per heavy atom. The summed E-state index contributed by atoms with van der Waals surface area (Å²) >= 11 is 0. The summed E-state index contributed by atoms with van der Waals surface area (Å²) in [5.41, 5.74) is 8.77. The molecular weight excluding hydrogens is 240 g/mol. The van der Waals surface area contributed by atoms with E-state index in [2.05, 4.69) is 4.98 Å². The molecule has 0 amide bonds. The van der Waals surface area contributed by atoms with Gasteiger partial charge in [-0.15, -0.1) is 0 Å². The molecule has 0 fully saturated rings. The molecule has 19 heavy (non-hydrogen) atoms. The maximum Gasteiger partial charge on any atom is 0.227 e. The number of nitrogen functional groups attached to an aromatic ring is 1. The number of oxazole rings is 1. The Kier molecular flexibility index (Phi) is 2.83. The molecule has 0 aliphatic carbocycles. The van der Waals surface area contributed by atoms with Crippen LogP contribution in [0.1, 0.15) is 6.92 Å². The minimum absolute atomic E-state index is 0.571. The lowest BCUT2D eigenvalue weighted by Gasteiger charge is -2.03. The van der Waals surface area contributed by atoms with E-state index < -0.39 is 0 Å². The van der Waals surface area contributed by atoms with Crippen LogP contribution in [0.15, 0.2) is 46.9 Å². The quantitative estimate of drug-likeness (QED) is 0.727. The van der Waals surface area contributed by atoms with Gasteiger partial charge in [-0.2, -0.15) is 0 Å². The minimum Gasteiger partial charge on any atom is -0.494 e. The minimum atomic E-state index is 0.571. The van der Waals surface area contributed by atoms with Crippen LogP contribution in [0.4, 0.5) is 5.69 Å². The lowest BCUT2D eigenvalue weighted by Crippen LogP contribution is -1.91. The molecule has 1 aromatic heterocycles. The number of ether oxygens (including phenoxy) is 1. The van der Waals surface area contributed by atoms with Gasteiger partial charge >= 0.3 is 0 Å². The molecule has 2 N–H and O–H groups in total. The van der Waals surface area contributed by atoms with Gasteiger partial charge < -0.3 is 14.9 Å². The number of fused-ring (bicyclic) bond motifs is 1. The fourth-order valence-electron chi connectivity index (χ4n) is 1.95. The molecule has 3 rings (SSSR count). The van der Waals surface area contributed by atoms with Crippen molar-refractivity contribution >= 4 is 16.8 Å². The Morgan fingerprint density at radius 1 is 1.21 bits per heavy atom. The van der Waals surface area contributed by atoms with Gasteiger partial charge in [-0.1, -0.05) is 6.07 Å². The van der Waals surface area contributed by atoms with Crippen molar-refractivity contribution in [1.82, 2.24) is 4.98 Å². The molecule has 1 heterocycles. The first-order valence-electron chi connectivity index (χ1n) is 6.15. The van der Waals surface area contributed by atoms with Crippen LogP contribution < -0.4 is 10.5 Å². The molecule has 4 nitrogen and oxygen atoms in total. The number of rotatable bonds is 3. The van der Waals surface area contributed by atoms with Crippen LogP contribution in [-0.4, -0.2) is 11.6 Å². The highest BCUT2D eigenvalue weighted by Crippen LogP contribution is 2.27. The Balaban J connectivity index is 2.05. The van der Waals surface area contributed by atoms with E-state index >= 15 is 0 Å². The van der Waals surface area contributed by atoms with Crippen molar-refractivity contribution in [3.8, 4) is 17.2 Å². The summed E-state index contributed by atoms with van der Waals surface area (Å²) in [6.07, 6.45) is 0. The molecular formula is C15H14N2O2. The SMILES string of the molecule is CCOc1cccc(-c2nc3ccc(N)cc3o2)c1. The van der Waals surface area contributed by atoms with E-state index in [1.54, 1.807) is 6.07 Å². The summed E-state index contributed by atoms with van der Waals surface area (Å²) in [7, 11) is 0. The van der Waals surface area contributed by atoms with Gasteiger partial charge in [-0.3, -0.25) is 0 Å². The summed E-state index contributed by atoms with van der Waals surface area (Å²) in [6, 6.07) is 13.1. The van der Waals surface area contributed by atoms with Crippen LogP contribution in [0.2, 0.25) is 0 Å². The van der Waals surface area contributed by atoms with Gasteiger partial charge in [-0.05, 0) is 37.3 Å². The molecule has 2 aromatic carbocycles. The van der Waals surface area contributed by atoms with Gasteiger partial charge in [0.1, 0.15) is 11.3 Å². The van der Waals surface area contributed by atoms with Gasteiger partial charge in [0.05, 0.1) is 6.61 Å². The van der Waals surface area contributed by atoms with E-state index in [-0.39, 0.29) is 0 Å². The first-order chi connectivity index (χ1) is 9.26. The predicted octanol–water partition coefficient (Wildman–Crippen LogP) is 3.48. The maximum absolute atomic E-state index is 5.73. The summed E-state index contributed by atoms with van der Waals surface area (Å²) in [5, 5.41) is 0. The van der Waals surface area contributed by atoms with Gasteiger partial charge in [0, 0.05) is 17.3 Å². The summed E-state index contributed by atoms with van der Waals surface area (Å²) in [6.45, 7) is 2.59. The Labute approximate surface area is 110 Å². The summed E-state index contributed by atoms with van der Waals surface area (Å²) in [4.78, 5) is 4.45. The average Bonchev–Trinajstić information content (AvgIpc) is 2.82. The molecule has 0 saturated carbocycles. The van der Waals surface area contributed by atoms with Crippen molar-refractivity contribution < 1.29 is 9.15 Å². The van der Waals surface area contributed by atoms with Crippen LogP contribution in [0.3, 0.4) is 0 Å². The first kappa shape index (κ1) is 11.6. The smallest absolute Gasteiger partial charge is 0.227 e. The van der Waals surface area contributed by atoms with Crippen molar-refractivity contribution in [1.29, 1.82) is 0 Å². The molecule has 0 atom stereocenters.